The standard InChI is InChI=1S/C15H17N3O2/c1-12-7-9-18(10-8-12)15(19)20-17-14(11-16)13-5-3-2-4-6-13/h2-6,12H,7-10H2,1H3/b17-14+. The second-order valence-electron chi connectivity index (χ2n) is 4.94. The number of nitrogens with zero attached hydrogens (tertiary/aromatic N) is 3. The van der Waals surface area contributed by atoms with Gasteiger partial charge in [-0.25, -0.2) is 4.79 Å². The van der Waals surface area contributed by atoms with Crippen molar-refractivity contribution in [1.82, 2.24) is 4.90 Å². The van der Waals surface area contributed by atoms with Crippen LogP contribution in [0.4, 0.5) is 4.79 Å². The largest absolute Gasteiger partial charge is 0.436 e. The van der Waals surface area contributed by atoms with Gasteiger partial charge in [0.1, 0.15) is 6.07 Å². The van der Waals surface area contributed by atoms with Crippen molar-refractivity contribution >= 4 is 11.8 Å². The number of nitriles is 1. The Balaban J connectivity index is 1.97. The van der Waals surface area contributed by atoms with E-state index in [0.717, 1.165) is 12.8 Å². The molecular formula is C15H17N3O2. The van der Waals surface area contributed by atoms with Crippen LogP contribution in [0.3, 0.4) is 0 Å². The van der Waals surface area contributed by atoms with Gasteiger partial charge < -0.3 is 4.90 Å². The minimum atomic E-state index is -0.486. The van der Waals surface area contributed by atoms with E-state index < -0.39 is 6.09 Å². The number of likely N-dealkylation sites (tertiary alicyclic amines) is 1. The van der Waals surface area contributed by atoms with Gasteiger partial charge in [-0.05, 0) is 18.8 Å². The number of oxime groups is 1. The lowest BCUT2D eigenvalue weighted by Gasteiger charge is -2.28. The molecule has 5 nitrogen and oxygen atoms in total. The zero-order valence-corrected chi connectivity index (χ0v) is 11.5. The van der Waals surface area contributed by atoms with Crippen molar-refractivity contribution in [3.63, 3.8) is 0 Å². The predicted octanol–water partition coefficient (Wildman–Crippen LogP) is 2.78. The molecule has 1 fully saturated rings. The Labute approximate surface area is 118 Å². The maximum atomic E-state index is 11.8. The number of hydrogen-bond donors (Lipinski definition) is 0. The summed E-state index contributed by atoms with van der Waals surface area (Å²) in [4.78, 5) is 18.3. The Morgan fingerprint density at radius 1 is 1.35 bits per heavy atom. The fourth-order valence-corrected chi connectivity index (χ4v) is 2.07. The van der Waals surface area contributed by atoms with E-state index in [1.54, 1.807) is 29.2 Å². The van der Waals surface area contributed by atoms with Gasteiger partial charge in [0, 0.05) is 18.7 Å². The first-order chi connectivity index (χ1) is 9.70. The molecule has 1 saturated heterocycles. The van der Waals surface area contributed by atoms with E-state index in [9.17, 15) is 4.79 Å². The topological polar surface area (TPSA) is 65.7 Å². The fourth-order valence-electron chi connectivity index (χ4n) is 2.07. The summed E-state index contributed by atoms with van der Waals surface area (Å²) >= 11 is 0. The number of carbonyl (C=O) groups is 1. The van der Waals surface area contributed by atoms with Crippen LogP contribution >= 0.6 is 0 Å². The molecule has 1 aliphatic rings. The van der Waals surface area contributed by atoms with Crippen LogP contribution in [-0.2, 0) is 4.84 Å². The van der Waals surface area contributed by atoms with Crippen LogP contribution in [-0.4, -0.2) is 29.8 Å². The third-order valence-electron chi connectivity index (χ3n) is 3.41. The molecule has 1 aliphatic heterocycles. The minimum absolute atomic E-state index is 0.101. The van der Waals surface area contributed by atoms with Crippen LogP contribution in [0.5, 0.6) is 0 Å². The molecular weight excluding hydrogens is 254 g/mol. The Kier molecular flexibility index (Phi) is 4.72. The van der Waals surface area contributed by atoms with Crippen LogP contribution in [0.25, 0.3) is 0 Å². The van der Waals surface area contributed by atoms with Crippen molar-refractivity contribution in [2.45, 2.75) is 19.8 Å². The highest BCUT2D eigenvalue weighted by atomic mass is 16.7. The Morgan fingerprint density at radius 2 is 2.00 bits per heavy atom. The Morgan fingerprint density at radius 3 is 2.60 bits per heavy atom. The highest BCUT2D eigenvalue weighted by molar-refractivity contribution is 6.11. The molecule has 0 spiro atoms. The van der Waals surface area contributed by atoms with E-state index in [1.807, 2.05) is 12.1 Å². The molecule has 0 unspecified atom stereocenters. The number of hydrogen-bond acceptors (Lipinski definition) is 4. The van der Waals surface area contributed by atoms with E-state index >= 15 is 0 Å². The predicted molar refractivity (Wildman–Crippen MR) is 75.0 cm³/mol. The van der Waals surface area contributed by atoms with Gasteiger partial charge in [-0.2, -0.15) is 5.26 Å². The Hall–Kier alpha value is -2.35. The normalized spacial score (nSPS) is 16.6. The monoisotopic (exact) mass is 271 g/mol. The van der Waals surface area contributed by atoms with Crippen LogP contribution in [0.2, 0.25) is 0 Å². The molecule has 0 radical (unpaired) electrons. The van der Waals surface area contributed by atoms with Gasteiger partial charge >= 0.3 is 6.09 Å². The van der Waals surface area contributed by atoms with Crippen molar-refractivity contribution in [2.24, 2.45) is 11.1 Å². The SMILES string of the molecule is CC1CCN(C(=O)O/N=C(\C#N)c2ccccc2)CC1. The van der Waals surface area contributed by atoms with Crippen LogP contribution in [0, 0.1) is 17.2 Å². The number of rotatable bonds is 2. The van der Waals surface area contributed by atoms with Gasteiger partial charge in [-0.3, -0.25) is 4.84 Å². The van der Waals surface area contributed by atoms with E-state index in [1.165, 1.54) is 0 Å². The highest BCUT2D eigenvalue weighted by Crippen LogP contribution is 2.16. The third kappa shape index (κ3) is 3.58. The summed E-state index contributed by atoms with van der Waals surface area (Å²) in [5, 5.41) is 12.7. The molecule has 0 aliphatic carbocycles. The van der Waals surface area contributed by atoms with E-state index in [0.29, 0.717) is 24.6 Å². The summed E-state index contributed by atoms with van der Waals surface area (Å²) in [5.74, 6) is 0.640. The molecule has 1 aromatic carbocycles. The molecule has 1 amide bonds. The summed E-state index contributed by atoms with van der Waals surface area (Å²) in [7, 11) is 0. The van der Waals surface area contributed by atoms with Crippen molar-refractivity contribution in [3.05, 3.63) is 35.9 Å². The lowest BCUT2D eigenvalue weighted by Crippen LogP contribution is -2.37. The van der Waals surface area contributed by atoms with Crippen LogP contribution in [0.15, 0.2) is 35.5 Å². The zero-order chi connectivity index (χ0) is 14.4. The summed E-state index contributed by atoms with van der Waals surface area (Å²) in [6.07, 6.45) is 1.46. The van der Waals surface area contributed by atoms with Crippen molar-refractivity contribution in [2.75, 3.05) is 13.1 Å². The molecule has 2 rings (SSSR count). The average Bonchev–Trinajstić information content (AvgIpc) is 2.49. The smallest absolute Gasteiger partial charge is 0.306 e. The quantitative estimate of drug-likeness (QED) is 0.472. The van der Waals surface area contributed by atoms with Gasteiger partial charge in [0.15, 0.2) is 5.71 Å². The first-order valence-corrected chi connectivity index (χ1v) is 6.70. The molecule has 1 heterocycles. The number of piperidine rings is 1. The molecule has 0 bridgehead atoms. The van der Waals surface area contributed by atoms with Crippen molar-refractivity contribution in [3.8, 4) is 6.07 Å². The lowest BCUT2D eigenvalue weighted by molar-refractivity contribution is 0.0920. The molecule has 20 heavy (non-hydrogen) atoms. The molecule has 0 atom stereocenters. The zero-order valence-electron chi connectivity index (χ0n) is 11.5. The summed E-state index contributed by atoms with van der Waals surface area (Å²) in [6.45, 7) is 3.54. The average molecular weight is 271 g/mol. The third-order valence-corrected chi connectivity index (χ3v) is 3.41. The number of amides is 1. The van der Waals surface area contributed by atoms with E-state index in [-0.39, 0.29) is 5.71 Å². The number of carbonyl (C=O) groups excluding carboxylic acids is 1. The second kappa shape index (κ2) is 6.71. The van der Waals surface area contributed by atoms with Gasteiger partial charge in [0.25, 0.3) is 0 Å². The molecule has 0 saturated carbocycles. The Bertz CT molecular complexity index is 526. The van der Waals surface area contributed by atoms with E-state index in [4.69, 9.17) is 10.1 Å². The first-order valence-electron chi connectivity index (χ1n) is 6.70. The maximum absolute atomic E-state index is 11.8. The van der Waals surface area contributed by atoms with Crippen molar-refractivity contribution in [1.29, 1.82) is 5.26 Å². The maximum Gasteiger partial charge on any atom is 0.436 e. The van der Waals surface area contributed by atoms with Gasteiger partial charge in [0.05, 0.1) is 0 Å². The van der Waals surface area contributed by atoms with Gasteiger partial charge in [-0.1, -0.05) is 42.4 Å². The second-order valence-corrected chi connectivity index (χ2v) is 4.94. The fraction of sp³-hybridized carbons (Fsp3) is 0.400. The molecule has 104 valence electrons. The van der Waals surface area contributed by atoms with Crippen LogP contribution < -0.4 is 0 Å². The summed E-state index contributed by atoms with van der Waals surface area (Å²) in [5.41, 5.74) is 0.736. The summed E-state index contributed by atoms with van der Waals surface area (Å²) in [6, 6.07) is 10.9. The van der Waals surface area contributed by atoms with Gasteiger partial charge in [-0.15, -0.1) is 0 Å². The number of benzene rings is 1. The molecule has 5 heteroatoms. The molecule has 0 aromatic heterocycles. The highest BCUT2D eigenvalue weighted by Gasteiger charge is 2.21. The van der Waals surface area contributed by atoms with E-state index in [2.05, 4.69) is 12.1 Å². The molecule has 1 aromatic rings. The minimum Gasteiger partial charge on any atom is -0.306 e. The van der Waals surface area contributed by atoms with Crippen molar-refractivity contribution < 1.29 is 9.63 Å². The van der Waals surface area contributed by atoms with Crippen LogP contribution in [0.1, 0.15) is 25.3 Å². The molecule has 0 N–H and O–H groups in total. The summed E-state index contributed by atoms with van der Waals surface area (Å²) < 4.78 is 0. The lowest BCUT2D eigenvalue weighted by atomic mass is 10.00. The first kappa shape index (κ1) is 14.1. The van der Waals surface area contributed by atoms with Gasteiger partial charge in [0.2, 0.25) is 0 Å².